The van der Waals surface area contributed by atoms with Gasteiger partial charge < -0.3 is 16.0 Å². The SMILES string of the molecule is NC(=O)N1CCNC(=O)[C@@H]1C1CC1. The van der Waals surface area contributed by atoms with Gasteiger partial charge in [0, 0.05) is 13.1 Å². The predicted molar refractivity (Wildman–Crippen MR) is 45.8 cm³/mol. The van der Waals surface area contributed by atoms with Gasteiger partial charge in [0.2, 0.25) is 5.91 Å². The molecule has 5 nitrogen and oxygen atoms in total. The molecule has 0 aromatic rings. The van der Waals surface area contributed by atoms with Gasteiger partial charge in [-0.3, -0.25) is 4.79 Å². The van der Waals surface area contributed by atoms with Crippen molar-refractivity contribution in [3.63, 3.8) is 0 Å². The molecule has 0 bridgehead atoms. The molecule has 1 atom stereocenters. The van der Waals surface area contributed by atoms with Gasteiger partial charge in [0.25, 0.3) is 0 Å². The van der Waals surface area contributed by atoms with Crippen LogP contribution in [0.15, 0.2) is 0 Å². The van der Waals surface area contributed by atoms with Crippen molar-refractivity contribution >= 4 is 11.9 Å². The summed E-state index contributed by atoms with van der Waals surface area (Å²) in [6.07, 6.45) is 2.06. The average Bonchev–Trinajstić information content (AvgIpc) is 2.86. The molecule has 1 aliphatic heterocycles. The molecule has 3 amide bonds. The molecule has 72 valence electrons. The van der Waals surface area contributed by atoms with E-state index in [-0.39, 0.29) is 11.9 Å². The summed E-state index contributed by atoms with van der Waals surface area (Å²) in [4.78, 5) is 23.9. The number of amides is 3. The van der Waals surface area contributed by atoms with Crippen LogP contribution >= 0.6 is 0 Å². The van der Waals surface area contributed by atoms with Gasteiger partial charge in [-0.1, -0.05) is 0 Å². The number of nitrogens with zero attached hydrogens (tertiary/aromatic N) is 1. The summed E-state index contributed by atoms with van der Waals surface area (Å²) in [5.74, 6) is 0.292. The van der Waals surface area contributed by atoms with Crippen LogP contribution in [0.4, 0.5) is 4.79 Å². The van der Waals surface area contributed by atoms with Crippen molar-refractivity contribution in [2.75, 3.05) is 13.1 Å². The smallest absolute Gasteiger partial charge is 0.315 e. The average molecular weight is 183 g/mol. The van der Waals surface area contributed by atoms with Crippen LogP contribution in [0.5, 0.6) is 0 Å². The van der Waals surface area contributed by atoms with Crippen LogP contribution in [0.2, 0.25) is 0 Å². The van der Waals surface area contributed by atoms with Gasteiger partial charge in [-0.25, -0.2) is 4.79 Å². The Morgan fingerprint density at radius 2 is 2.23 bits per heavy atom. The number of urea groups is 1. The molecule has 1 saturated carbocycles. The second-order valence-electron chi connectivity index (χ2n) is 3.60. The highest BCUT2D eigenvalue weighted by Crippen LogP contribution is 2.36. The first-order chi connectivity index (χ1) is 6.20. The predicted octanol–water partition coefficient (Wildman–Crippen LogP) is -0.725. The Labute approximate surface area is 76.3 Å². The summed E-state index contributed by atoms with van der Waals surface area (Å²) in [6, 6.07) is -0.780. The third-order valence-electron chi connectivity index (χ3n) is 2.61. The van der Waals surface area contributed by atoms with E-state index in [0.717, 1.165) is 12.8 Å². The maximum Gasteiger partial charge on any atom is 0.315 e. The first kappa shape index (κ1) is 8.34. The van der Waals surface area contributed by atoms with Crippen LogP contribution in [-0.2, 0) is 4.79 Å². The Morgan fingerprint density at radius 3 is 2.77 bits per heavy atom. The number of hydrogen-bond acceptors (Lipinski definition) is 2. The van der Waals surface area contributed by atoms with E-state index in [2.05, 4.69) is 5.32 Å². The molecule has 0 unspecified atom stereocenters. The van der Waals surface area contributed by atoms with Crippen molar-refractivity contribution in [2.24, 2.45) is 11.7 Å². The van der Waals surface area contributed by atoms with E-state index in [1.165, 1.54) is 4.90 Å². The molecule has 1 heterocycles. The Balaban J connectivity index is 2.13. The standard InChI is InChI=1S/C8H13N3O2/c9-8(13)11-4-3-10-7(12)6(11)5-1-2-5/h5-6H,1-4H2,(H2,9,13)(H,10,12)/t6-/m0/s1. The van der Waals surface area contributed by atoms with Crippen LogP contribution < -0.4 is 11.1 Å². The quantitative estimate of drug-likeness (QED) is 0.562. The molecule has 0 radical (unpaired) electrons. The molecule has 0 aromatic carbocycles. The van der Waals surface area contributed by atoms with E-state index < -0.39 is 6.03 Å². The fourth-order valence-electron chi connectivity index (χ4n) is 1.81. The summed E-state index contributed by atoms with van der Waals surface area (Å²) in [7, 11) is 0. The van der Waals surface area contributed by atoms with Crippen molar-refractivity contribution < 1.29 is 9.59 Å². The second-order valence-corrected chi connectivity index (χ2v) is 3.60. The number of nitrogens with one attached hydrogen (secondary N) is 1. The zero-order valence-corrected chi connectivity index (χ0v) is 7.32. The summed E-state index contributed by atoms with van der Waals surface area (Å²) in [5.41, 5.74) is 5.19. The Bertz CT molecular complexity index is 250. The van der Waals surface area contributed by atoms with Crippen LogP contribution in [0.1, 0.15) is 12.8 Å². The maximum absolute atomic E-state index is 11.4. The van der Waals surface area contributed by atoms with Crippen LogP contribution in [0.3, 0.4) is 0 Å². The molecular formula is C8H13N3O2. The highest BCUT2D eigenvalue weighted by atomic mass is 16.2. The van der Waals surface area contributed by atoms with Gasteiger partial charge in [-0.15, -0.1) is 0 Å². The highest BCUT2D eigenvalue weighted by Gasteiger charge is 2.43. The first-order valence-electron chi connectivity index (χ1n) is 4.54. The Kier molecular flexibility index (Phi) is 1.86. The lowest BCUT2D eigenvalue weighted by Gasteiger charge is -2.33. The lowest BCUT2D eigenvalue weighted by Crippen LogP contribution is -2.59. The zero-order valence-electron chi connectivity index (χ0n) is 7.32. The van der Waals surface area contributed by atoms with E-state index in [1.54, 1.807) is 0 Å². The van der Waals surface area contributed by atoms with Crippen molar-refractivity contribution in [1.29, 1.82) is 0 Å². The number of carbonyl (C=O) groups excluding carboxylic acids is 2. The van der Waals surface area contributed by atoms with E-state index in [9.17, 15) is 9.59 Å². The molecule has 1 saturated heterocycles. The Hall–Kier alpha value is -1.26. The summed E-state index contributed by atoms with van der Waals surface area (Å²) in [5, 5.41) is 2.75. The van der Waals surface area contributed by atoms with E-state index in [1.807, 2.05) is 0 Å². The second kappa shape index (κ2) is 2.90. The minimum atomic E-state index is -0.480. The number of hydrogen-bond donors (Lipinski definition) is 2. The van der Waals surface area contributed by atoms with Gasteiger partial charge in [0.1, 0.15) is 6.04 Å². The molecular weight excluding hydrogens is 170 g/mol. The van der Waals surface area contributed by atoms with Crippen LogP contribution in [0.25, 0.3) is 0 Å². The number of primary amides is 1. The number of piperazine rings is 1. The summed E-state index contributed by atoms with van der Waals surface area (Å²) in [6.45, 7) is 1.06. The van der Waals surface area contributed by atoms with Gasteiger partial charge in [0.15, 0.2) is 0 Å². The molecule has 2 aliphatic rings. The maximum atomic E-state index is 11.4. The van der Waals surface area contributed by atoms with Gasteiger partial charge in [-0.2, -0.15) is 0 Å². The lowest BCUT2D eigenvalue weighted by atomic mass is 10.1. The molecule has 3 N–H and O–H groups in total. The minimum Gasteiger partial charge on any atom is -0.353 e. The molecule has 2 fully saturated rings. The fraction of sp³-hybridized carbons (Fsp3) is 0.750. The van der Waals surface area contributed by atoms with Crippen molar-refractivity contribution in [3.05, 3.63) is 0 Å². The normalized spacial score (nSPS) is 28.5. The van der Waals surface area contributed by atoms with Gasteiger partial charge in [0.05, 0.1) is 0 Å². The molecule has 0 aromatic heterocycles. The number of rotatable bonds is 1. The lowest BCUT2D eigenvalue weighted by molar-refractivity contribution is -0.128. The topological polar surface area (TPSA) is 75.4 Å². The third kappa shape index (κ3) is 1.46. The number of nitrogens with two attached hydrogens (primary N) is 1. The molecule has 1 aliphatic carbocycles. The zero-order chi connectivity index (χ0) is 9.42. The molecule has 5 heteroatoms. The fourth-order valence-corrected chi connectivity index (χ4v) is 1.81. The number of carbonyl (C=O) groups is 2. The Morgan fingerprint density at radius 1 is 1.54 bits per heavy atom. The van der Waals surface area contributed by atoms with E-state index in [0.29, 0.717) is 19.0 Å². The van der Waals surface area contributed by atoms with Crippen LogP contribution in [0, 0.1) is 5.92 Å². The van der Waals surface area contributed by atoms with Crippen molar-refractivity contribution in [1.82, 2.24) is 10.2 Å². The van der Waals surface area contributed by atoms with Crippen LogP contribution in [-0.4, -0.2) is 36.0 Å². The van der Waals surface area contributed by atoms with E-state index in [4.69, 9.17) is 5.73 Å². The van der Waals surface area contributed by atoms with Gasteiger partial charge in [-0.05, 0) is 18.8 Å². The summed E-state index contributed by atoms with van der Waals surface area (Å²) < 4.78 is 0. The van der Waals surface area contributed by atoms with Crippen molar-refractivity contribution in [3.8, 4) is 0 Å². The highest BCUT2D eigenvalue weighted by molar-refractivity contribution is 5.88. The van der Waals surface area contributed by atoms with Crippen molar-refractivity contribution in [2.45, 2.75) is 18.9 Å². The monoisotopic (exact) mass is 183 g/mol. The van der Waals surface area contributed by atoms with Gasteiger partial charge >= 0.3 is 6.03 Å². The first-order valence-corrected chi connectivity index (χ1v) is 4.54. The van der Waals surface area contributed by atoms with E-state index >= 15 is 0 Å². The largest absolute Gasteiger partial charge is 0.353 e. The molecule has 2 rings (SSSR count). The minimum absolute atomic E-state index is 0.0486. The molecule has 13 heavy (non-hydrogen) atoms. The molecule has 0 spiro atoms. The third-order valence-corrected chi connectivity index (χ3v) is 2.61. The summed E-state index contributed by atoms with van der Waals surface area (Å²) >= 11 is 0.